The van der Waals surface area contributed by atoms with Gasteiger partial charge in [-0.05, 0) is 49.6 Å². The van der Waals surface area contributed by atoms with Gasteiger partial charge in [-0.1, -0.05) is 11.6 Å². The zero-order valence-corrected chi connectivity index (χ0v) is 21.5. The summed E-state index contributed by atoms with van der Waals surface area (Å²) >= 11 is 6.09. The van der Waals surface area contributed by atoms with Crippen molar-refractivity contribution in [2.45, 2.75) is 13.3 Å². The summed E-state index contributed by atoms with van der Waals surface area (Å²) in [6.45, 7) is 4.78. The molecule has 0 aromatic carbocycles. The van der Waals surface area contributed by atoms with Crippen LogP contribution in [0.15, 0.2) is 60.1 Å². The van der Waals surface area contributed by atoms with Gasteiger partial charge in [-0.15, -0.1) is 0 Å². The third-order valence-electron chi connectivity index (χ3n) is 6.39. The molecule has 10 heteroatoms. The van der Waals surface area contributed by atoms with Crippen LogP contribution in [0.25, 0.3) is 16.6 Å². The molecule has 5 heterocycles. The number of hydrogen-bond donors (Lipinski definition) is 1. The molecule has 1 saturated heterocycles. The Kier molecular flexibility index (Phi) is 7.32. The molecule has 9 nitrogen and oxygen atoms in total. The number of carbonyl (C=O) groups is 1. The van der Waals surface area contributed by atoms with Crippen molar-refractivity contribution in [1.82, 2.24) is 24.9 Å². The lowest BCUT2D eigenvalue weighted by Crippen LogP contribution is -2.31. The molecule has 5 rings (SSSR count). The highest BCUT2D eigenvalue weighted by molar-refractivity contribution is 6.33. The van der Waals surface area contributed by atoms with E-state index >= 15 is 0 Å². The predicted octanol–water partition coefficient (Wildman–Crippen LogP) is 4.15. The first-order valence-corrected chi connectivity index (χ1v) is 12.6. The zero-order chi connectivity index (χ0) is 25.8. The summed E-state index contributed by atoms with van der Waals surface area (Å²) in [5.41, 5.74) is 4.09. The number of amides is 1. The Bertz CT molecular complexity index is 1430. The van der Waals surface area contributed by atoms with Gasteiger partial charge in [0.05, 0.1) is 29.5 Å². The fourth-order valence-corrected chi connectivity index (χ4v) is 4.84. The molecule has 0 unspecified atom stereocenters. The van der Waals surface area contributed by atoms with E-state index in [4.69, 9.17) is 21.3 Å². The van der Waals surface area contributed by atoms with Crippen LogP contribution in [-0.2, 0) is 0 Å². The maximum Gasteiger partial charge on any atom is 0.271 e. The number of halogens is 1. The molecule has 0 radical (unpaired) electrons. The summed E-state index contributed by atoms with van der Waals surface area (Å²) in [6.07, 6.45) is 9.90. The van der Waals surface area contributed by atoms with E-state index in [0.29, 0.717) is 24.1 Å². The van der Waals surface area contributed by atoms with E-state index < -0.39 is 0 Å². The van der Waals surface area contributed by atoms with Gasteiger partial charge in [0, 0.05) is 62.0 Å². The molecule has 37 heavy (non-hydrogen) atoms. The fraction of sp³-hybridized carbons (Fsp3) is 0.296. The first-order valence-electron chi connectivity index (χ1n) is 12.2. The zero-order valence-electron chi connectivity index (χ0n) is 20.8. The normalized spacial score (nSPS) is 15.5. The van der Waals surface area contributed by atoms with Crippen molar-refractivity contribution in [3.05, 3.63) is 71.4 Å². The van der Waals surface area contributed by atoms with Crippen LogP contribution in [-0.4, -0.2) is 65.0 Å². The van der Waals surface area contributed by atoms with Crippen LogP contribution in [0, 0.1) is 5.92 Å². The Balaban J connectivity index is 1.30. The summed E-state index contributed by atoms with van der Waals surface area (Å²) in [6, 6.07) is 9.51. The number of anilines is 1. The molecule has 1 amide bonds. The van der Waals surface area contributed by atoms with Crippen molar-refractivity contribution < 1.29 is 9.53 Å². The van der Waals surface area contributed by atoms with Crippen molar-refractivity contribution in [1.29, 1.82) is 0 Å². The molecule has 0 saturated carbocycles. The van der Waals surface area contributed by atoms with E-state index in [1.165, 1.54) is 0 Å². The molecule has 1 aliphatic heterocycles. The topological polar surface area (TPSA) is 97.0 Å². The molecular weight excluding hydrogens is 490 g/mol. The van der Waals surface area contributed by atoms with Gasteiger partial charge in [-0.2, -0.15) is 5.10 Å². The van der Waals surface area contributed by atoms with Crippen LogP contribution < -0.4 is 15.0 Å². The number of hydrogen-bond acceptors (Lipinski definition) is 7. The average molecular weight is 518 g/mol. The Morgan fingerprint density at radius 2 is 2.19 bits per heavy atom. The van der Waals surface area contributed by atoms with E-state index in [2.05, 4.69) is 31.4 Å². The van der Waals surface area contributed by atoms with Gasteiger partial charge in [0.2, 0.25) is 0 Å². The van der Waals surface area contributed by atoms with Gasteiger partial charge < -0.3 is 15.0 Å². The first kappa shape index (κ1) is 24.7. The average Bonchev–Trinajstić information content (AvgIpc) is 3.55. The van der Waals surface area contributed by atoms with Crippen molar-refractivity contribution in [3.63, 3.8) is 0 Å². The maximum absolute atomic E-state index is 12.4. The second kappa shape index (κ2) is 11.0. The minimum Gasteiger partial charge on any atom is -0.492 e. The van der Waals surface area contributed by atoms with Gasteiger partial charge in [0.1, 0.15) is 17.3 Å². The third-order valence-corrected chi connectivity index (χ3v) is 6.69. The lowest BCUT2D eigenvalue weighted by molar-refractivity contribution is 0.0943. The molecule has 1 aliphatic rings. The molecular formula is C27H28ClN7O2. The molecule has 1 atom stereocenters. The second-order valence-corrected chi connectivity index (χ2v) is 9.26. The van der Waals surface area contributed by atoms with Gasteiger partial charge in [-0.3, -0.25) is 9.79 Å². The van der Waals surface area contributed by atoms with E-state index in [1.54, 1.807) is 37.8 Å². The molecule has 4 aromatic rings. The van der Waals surface area contributed by atoms with Crippen LogP contribution >= 0.6 is 11.6 Å². The standard InChI is InChI=1S/C27H28ClN7O2/c1-3-37-21-11-22(26-20(13-29-2)15-33-35(26)17-21)19-6-7-24(31-14-19)34-10-8-18(16-34)12-32-27(36)25-23(28)5-4-9-30-25/h4-7,9,11,13-15,17-18H,3,8,10,12,16H2,1-2H3,(H,32,36)/t18-/m0/s1. The number of nitrogens with zero attached hydrogens (tertiary/aromatic N) is 6. The van der Waals surface area contributed by atoms with Crippen LogP contribution in [0.4, 0.5) is 5.82 Å². The van der Waals surface area contributed by atoms with Crippen molar-refractivity contribution in [2.75, 3.05) is 38.2 Å². The Morgan fingerprint density at radius 1 is 1.30 bits per heavy atom. The highest BCUT2D eigenvalue weighted by atomic mass is 35.5. The highest BCUT2D eigenvalue weighted by Gasteiger charge is 2.25. The summed E-state index contributed by atoms with van der Waals surface area (Å²) in [5.74, 6) is 1.72. The predicted molar refractivity (Wildman–Crippen MR) is 145 cm³/mol. The number of fused-ring (bicyclic) bond motifs is 1. The van der Waals surface area contributed by atoms with Crippen molar-refractivity contribution in [2.24, 2.45) is 10.9 Å². The van der Waals surface area contributed by atoms with Gasteiger partial charge in [0.25, 0.3) is 5.91 Å². The molecule has 1 fully saturated rings. The molecule has 1 N–H and O–H groups in total. The van der Waals surface area contributed by atoms with Crippen LogP contribution in [0.5, 0.6) is 5.75 Å². The first-order chi connectivity index (χ1) is 18.1. The number of nitrogens with one attached hydrogen (secondary N) is 1. The number of carbonyl (C=O) groups excluding carboxylic acids is 1. The lowest BCUT2D eigenvalue weighted by Gasteiger charge is -2.18. The Hall–Kier alpha value is -3.98. The van der Waals surface area contributed by atoms with Crippen LogP contribution in [0.2, 0.25) is 5.02 Å². The van der Waals surface area contributed by atoms with Gasteiger partial charge in [0.15, 0.2) is 0 Å². The SMILES string of the molecule is CCOc1cc(-c2ccc(N3CC[C@@H](CNC(=O)c4ncccc4Cl)C3)nc2)c2c(C=NC)cnn2c1. The van der Waals surface area contributed by atoms with E-state index in [1.807, 2.05) is 36.0 Å². The van der Waals surface area contributed by atoms with E-state index in [0.717, 1.165) is 53.3 Å². The minimum atomic E-state index is -0.250. The summed E-state index contributed by atoms with van der Waals surface area (Å²) in [7, 11) is 1.75. The molecule has 0 spiro atoms. The number of aromatic nitrogens is 4. The smallest absolute Gasteiger partial charge is 0.271 e. The number of aliphatic imine (C=N–C) groups is 1. The number of pyridine rings is 3. The lowest BCUT2D eigenvalue weighted by atomic mass is 10.1. The fourth-order valence-electron chi connectivity index (χ4n) is 4.63. The summed E-state index contributed by atoms with van der Waals surface area (Å²) in [5, 5.41) is 7.80. The maximum atomic E-state index is 12.4. The molecule has 4 aromatic heterocycles. The monoisotopic (exact) mass is 517 g/mol. The quantitative estimate of drug-likeness (QED) is 0.353. The molecule has 190 valence electrons. The van der Waals surface area contributed by atoms with Gasteiger partial charge >= 0.3 is 0 Å². The summed E-state index contributed by atoms with van der Waals surface area (Å²) in [4.78, 5) is 27.7. The van der Waals surface area contributed by atoms with Crippen LogP contribution in [0.3, 0.4) is 0 Å². The van der Waals surface area contributed by atoms with Crippen molar-refractivity contribution in [3.8, 4) is 16.9 Å². The third kappa shape index (κ3) is 5.27. The van der Waals surface area contributed by atoms with Gasteiger partial charge in [-0.25, -0.2) is 14.5 Å². The number of rotatable bonds is 8. The molecule has 0 bridgehead atoms. The van der Waals surface area contributed by atoms with E-state index in [9.17, 15) is 4.79 Å². The highest BCUT2D eigenvalue weighted by Crippen LogP contribution is 2.32. The van der Waals surface area contributed by atoms with E-state index in [-0.39, 0.29) is 11.6 Å². The molecule has 0 aliphatic carbocycles. The minimum absolute atomic E-state index is 0.250. The van der Waals surface area contributed by atoms with Crippen LogP contribution in [0.1, 0.15) is 29.4 Å². The van der Waals surface area contributed by atoms with Crippen molar-refractivity contribution >= 4 is 35.1 Å². The number of ether oxygens (including phenoxy) is 1. The Labute approximate surface area is 220 Å². The second-order valence-electron chi connectivity index (χ2n) is 8.85. The largest absolute Gasteiger partial charge is 0.492 e. The Morgan fingerprint density at radius 3 is 2.95 bits per heavy atom. The summed E-state index contributed by atoms with van der Waals surface area (Å²) < 4.78 is 7.59.